The maximum absolute atomic E-state index is 13.5. The van der Waals surface area contributed by atoms with Crippen molar-refractivity contribution >= 4 is 5.91 Å². The van der Waals surface area contributed by atoms with E-state index >= 15 is 0 Å². The van der Waals surface area contributed by atoms with Crippen LogP contribution in [0.25, 0.3) is 11.3 Å². The van der Waals surface area contributed by atoms with Crippen LogP contribution in [0.3, 0.4) is 0 Å². The van der Waals surface area contributed by atoms with E-state index in [0.717, 1.165) is 0 Å². The van der Waals surface area contributed by atoms with Gasteiger partial charge in [-0.25, -0.2) is 4.39 Å². The predicted octanol–water partition coefficient (Wildman–Crippen LogP) is 1.88. The second-order valence-corrected chi connectivity index (χ2v) is 5.60. The smallest absolute Gasteiger partial charge is 0.271 e. The van der Waals surface area contributed by atoms with E-state index in [1.54, 1.807) is 19.1 Å². The average Bonchev–Trinajstić information content (AvgIpc) is 3.05. The first kappa shape index (κ1) is 18.5. The molecule has 0 bridgehead atoms. The van der Waals surface area contributed by atoms with E-state index < -0.39 is 5.91 Å². The van der Waals surface area contributed by atoms with Crippen molar-refractivity contribution in [2.24, 2.45) is 0 Å². The lowest BCUT2D eigenvalue weighted by molar-refractivity contribution is 0.0938. The van der Waals surface area contributed by atoms with E-state index in [4.69, 9.17) is 14.4 Å². The van der Waals surface area contributed by atoms with Crippen LogP contribution in [0.15, 0.2) is 40.9 Å². The third-order valence-electron chi connectivity index (χ3n) is 3.72. The zero-order valence-corrected chi connectivity index (χ0v) is 14.5. The predicted molar refractivity (Wildman–Crippen MR) is 92.4 cm³/mol. The molecule has 0 radical (unpaired) electrons. The molecule has 0 spiro atoms. The maximum atomic E-state index is 13.5. The maximum Gasteiger partial charge on any atom is 0.271 e. The highest BCUT2D eigenvalue weighted by atomic mass is 19.1. The molecule has 0 unspecified atom stereocenters. The second-order valence-electron chi connectivity index (χ2n) is 5.60. The van der Waals surface area contributed by atoms with E-state index in [0.29, 0.717) is 22.6 Å². The van der Waals surface area contributed by atoms with Crippen molar-refractivity contribution in [3.63, 3.8) is 0 Å². The first-order valence-electron chi connectivity index (χ1n) is 8.15. The number of aromatic nitrogens is 3. The fraction of sp³-hybridized carbons (Fsp3) is 0.222. The molecule has 27 heavy (non-hydrogen) atoms. The molecule has 3 rings (SSSR count). The SMILES string of the molecule is Cc1onc(-c2cccc(F)c2)c1COc1ccc(C(=O)NCCO)nn1. The van der Waals surface area contributed by atoms with Crippen LogP contribution < -0.4 is 10.1 Å². The minimum absolute atomic E-state index is 0.0892. The lowest BCUT2D eigenvalue weighted by Gasteiger charge is -2.06. The Kier molecular flexibility index (Phi) is 5.72. The molecule has 1 amide bonds. The van der Waals surface area contributed by atoms with Crippen LogP contribution in [0.5, 0.6) is 5.88 Å². The highest BCUT2D eigenvalue weighted by molar-refractivity contribution is 5.92. The van der Waals surface area contributed by atoms with Crippen molar-refractivity contribution in [3.8, 4) is 17.1 Å². The van der Waals surface area contributed by atoms with E-state index in [-0.39, 0.29) is 37.1 Å². The van der Waals surface area contributed by atoms with Crippen molar-refractivity contribution in [1.82, 2.24) is 20.7 Å². The molecule has 2 heterocycles. The van der Waals surface area contributed by atoms with Crippen molar-refractivity contribution in [1.29, 1.82) is 0 Å². The molecule has 0 fully saturated rings. The van der Waals surface area contributed by atoms with Gasteiger partial charge in [-0.15, -0.1) is 10.2 Å². The van der Waals surface area contributed by atoms with E-state index in [1.807, 2.05) is 0 Å². The Morgan fingerprint density at radius 2 is 2.15 bits per heavy atom. The molecule has 0 atom stereocenters. The number of nitrogens with zero attached hydrogens (tertiary/aromatic N) is 3. The Balaban J connectivity index is 1.70. The molecule has 140 valence electrons. The molecular weight excluding hydrogens is 355 g/mol. The lowest BCUT2D eigenvalue weighted by Crippen LogP contribution is -2.27. The van der Waals surface area contributed by atoms with E-state index in [2.05, 4.69) is 20.7 Å². The molecule has 9 heteroatoms. The Bertz CT molecular complexity index is 927. The Labute approximate surface area is 154 Å². The number of nitrogens with one attached hydrogen (secondary N) is 1. The molecule has 0 aliphatic carbocycles. The van der Waals surface area contributed by atoms with Crippen LogP contribution in [0.2, 0.25) is 0 Å². The fourth-order valence-corrected chi connectivity index (χ4v) is 2.35. The largest absolute Gasteiger partial charge is 0.472 e. The van der Waals surface area contributed by atoms with Gasteiger partial charge in [0.1, 0.15) is 23.9 Å². The molecule has 0 aliphatic rings. The zero-order chi connectivity index (χ0) is 19.2. The highest BCUT2D eigenvalue weighted by Crippen LogP contribution is 2.26. The average molecular weight is 372 g/mol. The summed E-state index contributed by atoms with van der Waals surface area (Å²) in [5, 5.41) is 22.8. The third kappa shape index (κ3) is 4.45. The van der Waals surface area contributed by atoms with Crippen molar-refractivity contribution < 1.29 is 23.6 Å². The zero-order valence-electron chi connectivity index (χ0n) is 14.5. The Morgan fingerprint density at radius 3 is 2.85 bits per heavy atom. The van der Waals surface area contributed by atoms with Crippen molar-refractivity contribution in [3.05, 3.63) is 59.2 Å². The summed E-state index contributed by atoms with van der Waals surface area (Å²) >= 11 is 0. The molecular formula is C18H17FN4O4. The van der Waals surface area contributed by atoms with Gasteiger partial charge in [0.2, 0.25) is 5.88 Å². The number of rotatable bonds is 7. The number of carbonyl (C=O) groups is 1. The van der Waals surface area contributed by atoms with Crippen LogP contribution in [-0.4, -0.2) is 39.5 Å². The summed E-state index contributed by atoms with van der Waals surface area (Å²) in [6.45, 7) is 1.79. The fourth-order valence-electron chi connectivity index (χ4n) is 2.35. The summed E-state index contributed by atoms with van der Waals surface area (Å²) in [5.74, 6) is -0.0611. The van der Waals surface area contributed by atoms with Crippen molar-refractivity contribution in [2.45, 2.75) is 13.5 Å². The number of aryl methyl sites for hydroxylation is 1. The van der Waals surface area contributed by atoms with Gasteiger partial charge in [0.15, 0.2) is 5.69 Å². The number of benzene rings is 1. The summed E-state index contributed by atoms with van der Waals surface area (Å²) in [5.41, 5.74) is 1.83. The van der Waals surface area contributed by atoms with Crippen LogP contribution >= 0.6 is 0 Å². The number of amides is 1. The minimum Gasteiger partial charge on any atom is -0.472 e. The van der Waals surface area contributed by atoms with Crippen molar-refractivity contribution in [2.75, 3.05) is 13.2 Å². The molecule has 2 aromatic heterocycles. The monoisotopic (exact) mass is 372 g/mol. The molecule has 3 aromatic rings. The van der Waals surface area contributed by atoms with Gasteiger partial charge in [-0.1, -0.05) is 17.3 Å². The highest BCUT2D eigenvalue weighted by Gasteiger charge is 2.16. The topological polar surface area (TPSA) is 110 Å². The molecule has 0 saturated heterocycles. The van der Waals surface area contributed by atoms with Gasteiger partial charge in [-0.2, -0.15) is 0 Å². The van der Waals surface area contributed by atoms with Gasteiger partial charge < -0.3 is 19.7 Å². The van der Waals surface area contributed by atoms with Crippen LogP contribution in [0, 0.1) is 12.7 Å². The minimum atomic E-state index is -0.439. The van der Waals surface area contributed by atoms with Gasteiger partial charge in [-0.3, -0.25) is 4.79 Å². The summed E-state index contributed by atoms with van der Waals surface area (Å²) < 4.78 is 24.3. The van der Waals surface area contributed by atoms with Gasteiger partial charge in [0, 0.05) is 18.2 Å². The first-order valence-corrected chi connectivity index (χ1v) is 8.15. The molecule has 2 N–H and O–H groups in total. The number of hydrogen-bond acceptors (Lipinski definition) is 7. The standard InChI is InChI=1S/C18H17FN4O4/c1-11-14(17(23-27-11)12-3-2-4-13(19)9-12)10-26-16-6-5-15(21-22-16)18(25)20-7-8-24/h2-6,9,24H,7-8,10H2,1H3,(H,20,25). The third-order valence-corrected chi connectivity index (χ3v) is 3.72. The Hall–Kier alpha value is -3.33. The van der Waals surface area contributed by atoms with E-state index in [9.17, 15) is 9.18 Å². The summed E-state index contributed by atoms with van der Waals surface area (Å²) in [7, 11) is 0. The number of ether oxygens (including phenoxy) is 1. The summed E-state index contributed by atoms with van der Waals surface area (Å²) in [4.78, 5) is 11.7. The number of carbonyl (C=O) groups excluding carboxylic acids is 1. The second kappa shape index (κ2) is 8.37. The first-order chi connectivity index (χ1) is 13.1. The van der Waals surface area contributed by atoms with Crippen LogP contribution in [-0.2, 0) is 6.61 Å². The van der Waals surface area contributed by atoms with Gasteiger partial charge in [0.25, 0.3) is 5.91 Å². The van der Waals surface area contributed by atoms with Gasteiger partial charge in [-0.05, 0) is 25.1 Å². The molecule has 0 saturated carbocycles. The van der Waals surface area contributed by atoms with Gasteiger partial charge >= 0.3 is 0 Å². The molecule has 8 nitrogen and oxygen atoms in total. The Morgan fingerprint density at radius 1 is 1.30 bits per heavy atom. The normalized spacial score (nSPS) is 10.6. The van der Waals surface area contributed by atoms with E-state index in [1.165, 1.54) is 24.3 Å². The number of halogens is 1. The summed E-state index contributed by atoms with van der Waals surface area (Å²) in [6.07, 6.45) is 0. The van der Waals surface area contributed by atoms with Gasteiger partial charge in [0.05, 0.1) is 12.2 Å². The molecule has 0 aliphatic heterocycles. The number of aliphatic hydroxyl groups is 1. The van der Waals surface area contributed by atoms with Crippen LogP contribution in [0.4, 0.5) is 4.39 Å². The number of hydrogen-bond donors (Lipinski definition) is 2. The quantitative estimate of drug-likeness (QED) is 0.651. The van der Waals surface area contributed by atoms with Crippen LogP contribution in [0.1, 0.15) is 21.8 Å². The summed E-state index contributed by atoms with van der Waals surface area (Å²) in [6, 6.07) is 8.99. The number of aliphatic hydroxyl groups excluding tert-OH is 1. The lowest BCUT2D eigenvalue weighted by atomic mass is 10.1. The molecule has 1 aromatic carbocycles.